The van der Waals surface area contributed by atoms with Crippen molar-refractivity contribution in [2.75, 3.05) is 56.4 Å². The van der Waals surface area contributed by atoms with E-state index in [0.717, 1.165) is 16.7 Å². The fourth-order valence-electron chi connectivity index (χ4n) is 5.96. The second-order valence-electron chi connectivity index (χ2n) is 11.9. The van der Waals surface area contributed by atoms with Crippen molar-refractivity contribution in [2.45, 2.75) is 50.5 Å². The molecule has 0 radical (unpaired) electrons. The summed E-state index contributed by atoms with van der Waals surface area (Å²) >= 11 is 0. The van der Waals surface area contributed by atoms with E-state index in [1.54, 1.807) is 80.1 Å². The fraction of sp³-hybridized carbons (Fsp3) is 0.400. The van der Waals surface area contributed by atoms with Crippen LogP contribution in [0.5, 0.6) is 46.0 Å². The monoisotopic (exact) mass is 736 g/mol. The summed E-state index contributed by atoms with van der Waals surface area (Å²) < 4.78 is 71.0. The number of rotatable bonds is 19. The zero-order chi connectivity index (χ0) is 37.7. The fourth-order valence-corrected chi connectivity index (χ4v) is 5.96. The Kier molecular flexibility index (Phi) is 14.3. The molecule has 5 rings (SSSR count). The summed E-state index contributed by atoms with van der Waals surface area (Å²) in [5, 5.41) is 10.7. The van der Waals surface area contributed by atoms with Gasteiger partial charge in [0.1, 0.15) is 35.9 Å². The van der Waals surface area contributed by atoms with Gasteiger partial charge in [0.2, 0.25) is 6.29 Å². The standard InChI is InChI=1S/C40H48O13/c1-42-28-11-13-29(14-12-28)52-40-39(51-24-27-10-17-32(45-4)35(20-27)48-7)38(50-23-26-9-16-31(44-3)34(19-26)47-6)37(36(21-41)53-40)49-22-25-8-15-30(43-2)33(18-25)46-5/h8-20,36-41H,21-24H2,1-7H3/t36-,37-,38+,39+,40+/m1/s1. The minimum atomic E-state index is -1.03. The maximum absolute atomic E-state index is 10.7. The Bertz CT molecular complexity index is 1730. The van der Waals surface area contributed by atoms with Gasteiger partial charge in [0, 0.05) is 0 Å². The maximum Gasteiger partial charge on any atom is 0.229 e. The van der Waals surface area contributed by atoms with E-state index in [4.69, 9.17) is 56.8 Å². The molecule has 1 aliphatic heterocycles. The van der Waals surface area contributed by atoms with Crippen LogP contribution in [0.2, 0.25) is 0 Å². The molecule has 4 aromatic carbocycles. The van der Waals surface area contributed by atoms with E-state index in [1.165, 1.54) is 0 Å². The van der Waals surface area contributed by atoms with Gasteiger partial charge in [0.05, 0.1) is 76.2 Å². The summed E-state index contributed by atoms with van der Waals surface area (Å²) in [5.74, 6) is 4.58. The second kappa shape index (κ2) is 19.2. The third-order valence-electron chi connectivity index (χ3n) is 8.75. The van der Waals surface area contributed by atoms with E-state index in [0.29, 0.717) is 46.0 Å². The van der Waals surface area contributed by atoms with E-state index < -0.39 is 37.3 Å². The van der Waals surface area contributed by atoms with Gasteiger partial charge in [-0.2, -0.15) is 0 Å². The van der Waals surface area contributed by atoms with Crippen molar-refractivity contribution < 1.29 is 61.9 Å². The molecule has 0 amide bonds. The van der Waals surface area contributed by atoms with Crippen LogP contribution in [-0.4, -0.2) is 92.2 Å². The summed E-state index contributed by atoms with van der Waals surface area (Å²) in [6, 6.07) is 23.7. The van der Waals surface area contributed by atoms with Crippen LogP contribution < -0.4 is 37.9 Å². The lowest BCUT2D eigenvalue weighted by Crippen LogP contribution is -2.62. The van der Waals surface area contributed by atoms with Crippen molar-refractivity contribution in [3.63, 3.8) is 0 Å². The smallest absolute Gasteiger partial charge is 0.229 e. The first-order valence-corrected chi connectivity index (χ1v) is 16.9. The highest BCUT2D eigenvalue weighted by atomic mass is 16.7. The lowest BCUT2D eigenvalue weighted by molar-refractivity contribution is -0.308. The van der Waals surface area contributed by atoms with Crippen LogP contribution in [-0.2, 0) is 38.8 Å². The van der Waals surface area contributed by atoms with Crippen LogP contribution in [0.15, 0.2) is 78.9 Å². The van der Waals surface area contributed by atoms with E-state index in [9.17, 15) is 5.11 Å². The number of hydrogen-bond acceptors (Lipinski definition) is 13. The molecule has 0 unspecified atom stereocenters. The molecule has 0 bridgehead atoms. The molecule has 13 nitrogen and oxygen atoms in total. The summed E-state index contributed by atoms with van der Waals surface area (Å²) in [6.45, 7) is -0.00465. The molecule has 0 saturated carbocycles. The number of ether oxygens (including phenoxy) is 12. The van der Waals surface area contributed by atoms with Gasteiger partial charge in [-0.3, -0.25) is 0 Å². The van der Waals surface area contributed by atoms with Gasteiger partial charge in [-0.15, -0.1) is 0 Å². The van der Waals surface area contributed by atoms with Crippen molar-refractivity contribution in [2.24, 2.45) is 0 Å². The molecular weight excluding hydrogens is 688 g/mol. The van der Waals surface area contributed by atoms with Crippen molar-refractivity contribution in [1.29, 1.82) is 0 Å². The molecular formula is C40H48O13. The normalized spacial score (nSPS) is 19.6. The van der Waals surface area contributed by atoms with Gasteiger partial charge < -0.3 is 61.9 Å². The van der Waals surface area contributed by atoms with Crippen molar-refractivity contribution >= 4 is 0 Å². The van der Waals surface area contributed by atoms with Gasteiger partial charge in [-0.1, -0.05) is 18.2 Å². The second-order valence-corrected chi connectivity index (χ2v) is 11.9. The van der Waals surface area contributed by atoms with Crippen LogP contribution in [0.1, 0.15) is 16.7 Å². The molecule has 1 heterocycles. The Morgan fingerprint density at radius 2 is 0.849 bits per heavy atom. The molecule has 1 aliphatic rings. The Hall–Kier alpha value is -4.92. The maximum atomic E-state index is 10.7. The van der Waals surface area contributed by atoms with E-state index >= 15 is 0 Å². The van der Waals surface area contributed by atoms with Crippen molar-refractivity contribution in [1.82, 2.24) is 0 Å². The molecule has 0 aliphatic carbocycles. The summed E-state index contributed by atoms with van der Waals surface area (Å²) in [5.41, 5.74) is 2.41. The molecule has 5 atom stereocenters. The summed E-state index contributed by atoms with van der Waals surface area (Å²) in [6.07, 6.45) is -4.41. The average molecular weight is 737 g/mol. The van der Waals surface area contributed by atoms with Crippen LogP contribution >= 0.6 is 0 Å². The lowest BCUT2D eigenvalue weighted by Gasteiger charge is -2.45. The lowest BCUT2D eigenvalue weighted by atomic mass is 9.97. The van der Waals surface area contributed by atoms with Gasteiger partial charge in [-0.05, 0) is 77.4 Å². The Labute approximate surface area is 310 Å². The average Bonchev–Trinajstić information content (AvgIpc) is 3.21. The minimum Gasteiger partial charge on any atom is -0.497 e. The third kappa shape index (κ3) is 9.75. The highest BCUT2D eigenvalue weighted by Crippen LogP contribution is 2.35. The van der Waals surface area contributed by atoms with Crippen LogP contribution in [0.4, 0.5) is 0 Å². The van der Waals surface area contributed by atoms with E-state index in [1.807, 2.05) is 48.5 Å². The predicted octanol–water partition coefficient (Wildman–Crippen LogP) is 5.60. The van der Waals surface area contributed by atoms with Crippen LogP contribution in [0, 0.1) is 0 Å². The molecule has 0 aromatic heterocycles. The quantitative estimate of drug-likeness (QED) is 0.128. The topological polar surface area (TPSA) is 131 Å². The molecule has 53 heavy (non-hydrogen) atoms. The Morgan fingerprint density at radius 1 is 0.453 bits per heavy atom. The predicted molar refractivity (Wildman–Crippen MR) is 194 cm³/mol. The number of aliphatic hydroxyl groups excluding tert-OH is 1. The summed E-state index contributed by atoms with van der Waals surface area (Å²) in [4.78, 5) is 0. The first-order valence-electron chi connectivity index (χ1n) is 16.9. The van der Waals surface area contributed by atoms with Crippen molar-refractivity contribution in [3.8, 4) is 46.0 Å². The number of hydrogen-bond donors (Lipinski definition) is 1. The highest BCUT2D eigenvalue weighted by molar-refractivity contribution is 5.44. The molecule has 0 spiro atoms. The Balaban J connectivity index is 1.51. The molecule has 1 N–H and O–H groups in total. The SMILES string of the molecule is COc1ccc(O[C@H]2O[C@H](CO)[C@@H](OCc3ccc(OC)c(OC)c3)[C@H](OCc3ccc(OC)c(OC)c3)[C@@H]2OCc2ccc(OC)c(OC)c2)cc1. The van der Waals surface area contributed by atoms with E-state index in [-0.39, 0.29) is 19.8 Å². The number of benzene rings is 4. The molecule has 1 saturated heterocycles. The first-order chi connectivity index (χ1) is 25.9. The molecule has 286 valence electrons. The third-order valence-corrected chi connectivity index (χ3v) is 8.75. The van der Waals surface area contributed by atoms with Crippen LogP contribution in [0.3, 0.4) is 0 Å². The van der Waals surface area contributed by atoms with Crippen molar-refractivity contribution in [3.05, 3.63) is 95.6 Å². The molecule has 4 aromatic rings. The largest absolute Gasteiger partial charge is 0.497 e. The number of aliphatic hydroxyl groups is 1. The minimum absolute atomic E-state index is 0.124. The summed E-state index contributed by atoms with van der Waals surface area (Å²) in [7, 11) is 11.0. The Morgan fingerprint density at radius 3 is 1.25 bits per heavy atom. The first kappa shape index (κ1) is 39.3. The highest BCUT2D eigenvalue weighted by Gasteiger charge is 2.49. The number of methoxy groups -OCH3 is 7. The zero-order valence-electron chi connectivity index (χ0n) is 31.1. The van der Waals surface area contributed by atoms with Gasteiger partial charge in [0.25, 0.3) is 0 Å². The van der Waals surface area contributed by atoms with E-state index in [2.05, 4.69) is 0 Å². The van der Waals surface area contributed by atoms with Gasteiger partial charge in [-0.25, -0.2) is 0 Å². The zero-order valence-corrected chi connectivity index (χ0v) is 31.1. The van der Waals surface area contributed by atoms with Crippen LogP contribution in [0.25, 0.3) is 0 Å². The molecule has 13 heteroatoms. The van der Waals surface area contributed by atoms with Gasteiger partial charge in [0.15, 0.2) is 34.5 Å². The molecule has 1 fully saturated rings. The van der Waals surface area contributed by atoms with Gasteiger partial charge >= 0.3 is 0 Å².